The van der Waals surface area contributed by atoms with Crippen LogP contribution >= 0.6 is 11.6 Å². The molecular formula is C12H10ClFN2O2S. The SMILES string of the molecule is Nc1cc(F)ccc1S(=O)(=O)Nc1ccc(Cl)cc1. The molecule has 0 saturated heterocycles. The molecule has 0 aromatic heterocycles. The Labute approximate surface area is 115 Å². The quantitative estimate of drug-likeness (QED) is 0.856. The summed E-state index contributed by atoms with van der Waals surface area (Å²) in [5.41, 5.74) is 5.69. The van der Waals surface area contributed by atoms with Gasteiger partial charge in [-0.3, -0.25) is 4.72 Å². The zero-order chi connectivity index (χ0) is 14.0. The van der Waals surface area contributed by atoms with Gasteiger partial charge in [0.1, 0.15) is 10.7 Å². The first kappa shape index (κ1) is 13.6. The maximum atomic E-state index is 12.9. The van der Waals surface area contributed by atoms with Gasteiger partial charge >= 0.3 is 0 Å². The van der Waals surface area contributed by atoms with Crippen LogP contribution in [-0.4, -0.2) is 8.42 Å². The Morgan fingerprint density at radius 3 is 2.32 bits per heavy atom. The molecule has 0 unspecified atom stereocenters. The van der Waals surface area contributed by atoms with Gasteiger partial charge in [0.2, 0.25) is 0 Å². The predicted molar refractivity (Wildman–Crippen MR) is 73.1 cm³/mol. The van der Waals surface area contributed by atoms with Crippen molar-refractivity contribution in [2.24, 2.45) is 0 Å². The van der Waals surface area contributed by atoms with Gasteiger partial charge in [0, 0.05) is 10.7 Å². The molecule has 19 heavy (non-hydrogen) atoms. The fourth-order valence-corrected chi connectivity index (χ4v) is 2.79. The van der Waals surface area contributed by atoms with E-state index in [4.69, 9.17) is 17.3 Å². The minimum Gasteiger partial charge on any atom is -0.398 e. The van der Waals surface area contributed by atoms with E-state index in [2.05, 4.69) is 4.72 Å². The number of nitrogen functional groups attached to an aromatic ring is 1. The second kappa shape index (κ2) is 5.07. The fraction of sp³-hybridized carbons (Fsp3) is 0. The highest BCUT2D eigenvalue weighted by Gasteiger charge is 2.17. The number of halogens is 2. The van der Waals surface area contributed by atoms with Crippen molar-refractivity contribution >= 4 is 33.0 Å². The van der Waals surface area contributed by atoms with Crippen LogP contribution < -0.4 is 10.5 Å². The minimum absolute atomic E-state index is 0.151. The monoisotopic (exact) mass is 300 g/mol. The Morgan fingerprint density at radius 2 is 1.74 bits per heavy atom. The van der Waals surface area contributed by atoms with E-state index in [1.54, 1.807) is 12.1 Å². The van der Waals surface area contributed by atoms with Gasteiger partial charge in [-0.25, -0.2) is 12.8 Å². The number of rotatable bonds is 3. The maximum absolute atomic E-state index is 12.9. The number of benzene rings is 2. The van der Waals surface area contributed by atoms with Crippen LogP contribution in [0.15, 0.2) is 47.4 Å². The van der Waals surface area contributed by atoms with Crippen molar-refractivity contribution in [3.63, 3.8) is 0 Å². The first-order chi connectivity index (χ1) is 8.88. The smallest absolute Gasteiger partial charge is 0.263 e. The lowest BCUT2D eigenvalue weighted by Gasteiger charge is -2.10. The van der Waals surface area contributed by atoms with Crippen LogP contribution in [-0.2, 0) is 10.0 Å². The summed E-state index contributed by atoms with van der Waals surface area (Å²) in [6.45, 7) is 0. The van der Waals surface area contributed by atoms with Gasteiger partial charge in [0.25, 0.3) is 10.0 Å². The lowest BCUT2D eigenvalue weighted by Crippen LogP contribution is -2.14. The van der Waals surface area contributed by atoms with Gasteiger partial charge in [-0.05, 0) is 42.5 Å². The second-order valence-electron chi connectivity index (χ2n) is 3.79. The molecule has 7 heteroatoms. The molecular weight excluding hydrogens is 291 g/mol. The summed E-state index contributed by atoms with van der Waals surface area (Å²) in [7, 11) is -3.86. The molecule has 0 aliphatic heterocycles. The summed E-state index contributed by atoms with van der Waals surface area (Å²) in [4.78, 5) is -0.177. The van der Waals surface area contributed by atoms with Gasteiger partial charge in [-0.1, -0.05) is 11.6 Å². The van der Waals surface area contributed by atoms with E-state index in [1.165, 1.54) is 12.1 Å². The number of hydrogen-bond donors (Lipinski definition) is 2. The summed E-state index contributed by atoms with van der Waals surface area (Å²) in [5, 5.41) is 0.490. The number of nitrogens with two attached hydrogens (primary N) is 1. The van der Waals surface area contributed by atoms with Crippen molar-refractivity contribution in [2.45, 2.75) is 4.90 Å². The lowest BCUT2D eigenvalue weighted by atomic mass is 10.3. The maximum Gasteiger partial charge on any atom is 0.263 e. The van der Waals surface area contributed by atoms with Gasteiger partial charge in [0.05, 0.1) is 5.69 Å². The highest BCUT2D eigenvalue weighted by molar-refractivity contribution is 7.92. The van der Waals surface area contributed by atoms with Crippen molar-refractivity contribution in [1.82, 2.24) is 0 Å². The number of anilines is 2. The standard InChI is InChI=1S/C12H10ClFN2O2S/c13-8-1-4-10(5-2-8)16-19(17,18)12-6-3-9(14)7-11(12)15/h1-7,16H,15H2. The fourth-order valence-electron chi connectivity index (χ4n) is 1.49. The molecule has 2 aromatic rings. The molecule has 2 rings (SSSR count). The van der Waals surface area contributed by atoms with Crippen LogP contribution in [0.25, 0.3) is 0 Å². The number of nitrogens with one attached hydrogen (secondary N) is 1. The largest absolute Gasteiger partial charge is 0.398 e. The molecule has 100 valence electrons. The van der Waals surface area contributed by atoms with Crippen molar-refractivity contribution in [1.29, 1.82) is 0 Å². The summed E-state index contributed by atoms with van der Waals surface area (Å²) >= 11 is 5.70. The first-order valence-electron chi connectivity index (χ1n) is 5.22. The average molecular weight is 301 g/mol. The summed E-state index contributed by atoms with van der Waals surface area (Å²) in [5.74, 6) is -0.594. The Bertz CT molecular complexity index is 702. The molecule has 0 atom stereocenters. The third-order valence-corrected chi connectivity index (χ3v) is 4.07. The zero-order valence-electron chi connectivity index (χ0n) is 9.60. The van der Waals surface area contributed by atoms with Crippen LogP contribution in [0.5, 0.6) is 0 Å². The van der Waals surface area contributed by atoms with E-state index in [1.807, 2.05) is 0 Å². The van der Waals surface area contributed by atoms with Crippen molar-refractivity contribution < 1.29 is 12.8 Å². The Hall–Kier alpha value is -1.79. The van der Waals surface area contributed by atoms with E-state index in [0.29, 0.717) is 10.7 Å². The van der Waals surface area contributed by atoms with Crippen LogP contribution in [0.2, 0.25) is 5.02 Å². The van der Waals surface area contributed by atoms with Crippen molar-refractivity contribution in [3.8, 4) is 0 Å². The predicted octanol–water partition coefficient (Wildman–Crippen LogP) is 2.86. The molecule has 0 heterocycles. The molecule has 0 amide bonds. The molecule has 0 bridgehead atoms. The van der Waals surface area contributed by atoms with Crippen LogP contribution in [0.4, 0.5) is 15.8 Å². The summed E-state index contributed by atoms with van der Waals surface area (Å²) in [6.07, 6.45) is 0. The lowest BCUT2D eigenvalue weighted by molar-refractivity contribution is 0.600. The van der Waals surface area contributed by atoms with E-state index in [9.17, 15) is 12.8 Å². The summed E-state index contributed by atoms with van der Waals surface area (Å²) < 4.78 is 39.4. The molecule has 0 aliphatic carbocycles. The second-order valence-corrected chi connectivity index (χ2v) is 5.88. The van der Waals surface area contributed by atoms with E-state index < -0.39 is 15.8 Å². The molecule has 0 radical (unpaired) electrons. The normalized spacial score (nSPS) is 11.3. The molecule has 3 N–H and O–H groups in total. The Balaban J connectivity index is 2.35. The Morgan fingerprint density at radius 1 is 1.11 bits per heavy atom. The van der Waals surface area contributed by atoms with Crippen LogP contribution in [0, 0.1) is 5.82 Å². The van der Waals surface area contributed by atoms with Crippen molar-refractivity contribution in [2.75, 3.05) is 10.5 Å². The third-order valence-electron chi connectivity index (χ3n) is 2.36. The van der Waals surface area contributed by atoms with Gasteiger partial charge < -0.3 is 5.73 Å². The van der Waals surface area contributed by atoms with E-state index >= 15 is 0 Å². The molecule has 0 fully saturated rings. The molecule has 2 aromatic carbocycles. The number of hydrogen-bond acceptors (Lipinski definition) is 3. The highest BCUT2D eigenvalue weighted by Crippen LogP contribution is 2.23. The molecule has 0 spiro atoms. The van der Waals surface area contributed by atoms with E-state index in [-0.39, 0.29) is 10.6 Å². The van der Waals surface area contributed by atoms with Crippen LogP contribution in [0.1, 0.15) is 0 Å². The van der Waals surface area contributed by atoms with Gasteiger partial charge in [0.15, 0.2) is 0 Å². The third kappa shape index (κ3) is 3.15. The van der Waals surface area contributed by atoms with Crippen LogP contribution in [0.3, 0.4) is 0 Å². The Kier molecular flexibility index (Phi) is 3.64. The molecule has 4 nitrogen and oxygen atoms in total. The highest BCUT2D eigenvalue weighted by atomic mass is 35.5. The minimum atomic E-state index is -3.86. The van der Waals surface area contributed by atoms with Gasteiger partial charge in [-0.2, -0.15) is 0 Å². The molecule has 0 aliphatic rings. The van der Waals surface area contributed by atoms with Crippen molar-refractivity contribution in [3.05, 3.63) is 53.3 Å². The zero-order valence-corrected chi connectivity index (χ0v) is 11.2. The molecule has 0 saturated carbocycles. The number of sulfonamides is 1. The summed E-state index contributed by atoms with van der Waals surface area (Å²) in [6, 6.07) is 9.23. The first-order valence-corrected chi connectivity index (χ1v) is 7.08. The van der Waals surface area contributed by atoms with Gasteiger partial charge in [-0.15, -0.1) is 0 Å². The topological polar surface area (TPSA) is 72.2 Å². The van der Waals surface area contributed by atoms with E-state index in [0.717, 1.165) is 18.2 Å². The average Bonchev–Trinajstić information content (AvgIpc) is 2.31.